The van der Waals surface area contributed by atoms with Gasteiger partial charge in [-0.25, -0.2) is 0 Å². The molecule has 0 saturated heterocycles. The van der Waals surface area contributed by atoms with E-state index in [2.05, 4.69) is 166 Å². The smallest absolute Gasteiger partial charge is 0.152 e. The van der Waals surface area contributed by atoms with Gasteiger partial charge in [-0.15, -0.1) is 0 Å². The van der Waals surface area contributed by atoms with Crippen LogP contribution < -0.4 is 10.4 Å². The average molecular weight is 527 g/mol. The summed E-state index contributed by atoms with van der Waals surface area (Å²) < 4.78 is 0. The molecule has 0 saturated carbocycles. The van der Waals surface area contributed by atoms with Crippen LogP contribution in [0.2, 0.25) is 6.32 Å². The van der Waals surface area contributed by atoms with Gasteiger partial charge in [-0.2, -0.15) is 0 Å². The Morgan fingerprint density at radius 3 is 2.07 bits per heavy atom. The lowest BCUT2D eigenvalue weighted by molar-refractivity contribution is 0.660. The normalized spacial score (nSPS) is 13.0. The van der Waals surface area contributed by atoms with Crippen molar-refractivity contribution in [3.05, 3.63) is 145 Å². The third-order valence-electron chi connectivity index (χ3n) is 8.65. The van der Waals surface area contributed by atoms with Crippen molar-refractivity contribution in [2.45, 2.75) is 32.5 Å². The van der Waals surface area contributed by atoms with E-state index in [0.29, 0.717) is 0 Å². The van der Waals surface area contributed by atoms with Crippen LogP contribution in [-0.4, -0.2) is 7.28 Å². The summed E-state index contributed by atoms with van der Waals surface area (Å²) in [5.41, 5.74) is 12.7. The minimum absolute atomic E-state index is 0.0598. The summed E-state index contributed by atoms with van der Waals surface area (Å²) in [4.78, 5) is 2.43. The largest absolute Gasteiger partial charge is 0.310 e. The predicted molar refractivity (Wildman–Crippen MR) is 177 cm³/mol. The highest BCUT2D eigenvalue weighted by Gasteiger charge is 2.35. The molecular weight excluding hydrogens is 493 g/mol. The first kappa shape index (κ1) is 25.4. The zero-order valence-corrected chi connectivity index (χ0v) is 23.9. The van der Waals surface area contributed by atoms with Crippen LogP contribution in [0.3, 0.4) is 0 Å². The summed E-state index contributed by atoms with van der Waals surface area (Å²) in [5.74, 6) is 0. The van der Waals surface area contributed by atoms with Crippen LogP contribution in [0.1, 0.15) is 31.9 Å². The zero-order chi connectivity index (χ0) is 28.0. The zero-order valence-electron chi connectivity index (χ0n) is 23.9. The molecule has 0 spiro atoms. The highest BCUT2D eigenvalue weighted by molar-refractivity contribution is 6.55. The van der Waals surface area contributed by atoms with Crippen LogP contribution in [0, 0.1) is 0 Å². The molecule has 0 aromatic heterocycles. The Labute approximate surface area is 244 Å². The van der Waals surface area contributed by atoms with E-state index in [1.807, 2.05) is 0 Å². The summed E-state index contributed by atoms with van der Waals surface area (Å²) in [6.07, 6.45) is 1.02. The molecular formula is C39H33BN. The monoisotopic (exact) mass is 526 g/mol. The Bertz CT molecular complexity index is 1880. The van der Waals surface area contributed by atoms with Crippen molar-refractivity contribution < 1.29 is 0 Å². The molecule has 7 rings (SSSR count). The third-order valence-corrected chi connectivity index (χ3v) is 8.65. The molecule has 0 unspecified atom stereocenters. The fourth-order valence-corrected chi connectivity index (χ4v) is 6.61. The van der Waals surface area contributed by atoms with Crippen molar-refractivity contribution in [1.82, 2.24) is 0 Å². The van der Waals surface area contributed by atoms with Gasteiger partial charge in [-0.3, -0.25) is 0 Å². The van der Waals surface area contributed by atoms with Crippen LogP contribution in [0.25, 0.3) is 33.0 Å². The van der Waals surface area contributed by atoms with E-state index in [9.17, 15) is 0 Å². The highest BCUT2D eigenvalue weighted by atomic mass is 15.1. The lowest BCUT2D eigenvalue weighted by Crippen LogP contribution is -2.17. The Balaban J connectivity index is 1.39. The first-order valence-electron chi connectivity index (χ1n) is 14.6. The molecule has 2 heteroatoms. The molecule has 0 bridgehead atoms. The van der Waals surface area contributed by atoms with Crippen LogP contribution in [0.15, 0.2) is 133 Å². The quantitative estimate of drug-likeness (QED) is 0.195. The van der Waals surface area contributed by atoms with Crippen LogP contribution in [-0.2, 0) is 5.41 Å². The number of anilines is 3. The SMILES string of the molecule is CC[B]c1ccccc1-c1ccc(N(c2ccc3c(c2)C(C)(C)c2ccccc2-3)c2cccc3ccccc23)cc1. The van der Waals surface area contributed by atoms with Crippen molar-refractivity contribution in [3.8, 4) is 22.3 Å². The van der Waals surface area contributed by atoms with Gasteiger partial charge in [0.2, 0.25) is 0 Å². The molecule has 1 aliphatic carbocycles. The van der Waals surface area contributed by atoms with Crippen LogP contribution >= 0.6 is 0 Å². The Kier molecular flexibility index (Phi) is 6.28. The van der Waals surface area contributed by atoms with E-state index in [0.717, 1.165) is 12.0 Å². The van der Waals surface area contributed by atoms with Gasteiger partial charge in [0.15, 0.2) is 7.28 Å². The number of fused-ring (bicyclic) bond motifs is 4. The van der Waals surface area contributed by atoms with Gasteiger partial charge >= 0.3 is 0 Å². The summed E-state index contributed by atoms with van der Waals surface area (Å²) in [6, 6.07) is 48.9. The van der Waals surface area contributed by atoms with Gasteiger partial charge in [-0.05, 0) is 69.1 Å². The molecule has 0 fully saturated rings. The molecule has 6 aromatic carbocycles. The van der Waals surface area contributed by atoms with Crippen molar-refractivity contribution >= 4 is 40.6 Å². The highest BCUT2D eigenvalue weighted by Crippen LogP contribution is 2.51. The molecule has 0 N–H and O–H groups in total. The fraction of sp³-hybridized carbons (Fsp3) is 0.128. The van der Waals surface area contributed by atoms with Crippen molar-refractivity contribution in [3.63, 3.8) is 0 Å². The molecule has 0 heterocycles. The number of nitrogens with zero attached hydrogens (tertiary/aromatic N) is 1. The molecule has 1 radical (unpaired) electrons. The predicted octanol–water partition coefficient (Wildman–Crippen LogP) is 10.1. The Morgan fingerprint density at radius 2 is 1.24 bits per heavy atom. The lowest BCUT2D eigenvalue weighted by atomic mass is 9.65. The third kappa shape index (κ3) is 4.26. The van der Waals surface area contributed by atoms with Gasteiger partial charge in [0.25, 0.3) is 0 Å². The molecule has 0 aliphatic heterocycles. The number of hydrogen-bond donors (Lipinski definition) is 0. The lowest BCUT2D eigenvalue weighted by Gasteiger charge is -2.29. The molecule has 197 valence electrons. The van der Waals surface area contributed by atoms with Gasteiger partial charge < -0.3 is 4.90 Å². The van der Waals surface area contributed by atoms with E-state index in [1.165, 1.54) is 61.0 Å². The maximum atomic E-state index is 2.43. The van der Waals surface area contributed by atoms with E-state index in [-0.39, 0.29) is 5.41 Å². The Morgan fingerprint density at radius 1 is 0.585 bits per heavy atom. The number of rotatable bonds is 6. The van der Waals surface area contributed by atoms with Gasteiger partial charge in [0, 0.05) is 22.2 Å². The second-order valence-corrected chi connectivity index (χ2v) is 11.5. The molecule has 6 aromatic rings. The first-order chi connectivity index (χ1) is 20.1. The molecule has 41 heavy (non-hydrogen) atoms. The van der Waals surface area contributed by atoms with E-state index in [1.54, 1.807) is 0 Å². The summed E-state index contributed by atoms with van der Waals surface area (Å²) >= 11 is 0. The van der Waals surface area contributed by atoms with E-state index >= 15 is 0 Å². The summed E-state index contributed by atoms with van der Waals surface area (Å²) in [6.45, 7) is 6.89. The maximum Gasteiger partial charge on any atom is 0.152 e. The molecule has 1 nitrogen and oxygen atoms in total. The average Bonchev–Trinajstić information content (AvgIpc) is 3.24. The van der Waals surface area contributed by atoms with Gasteiger partial charge in [0.05, 0.1) is 5.69 Å². The molecule has 0 atom stereocenters. The number of benzene rings is 6. The van der Waals surface area contributed by atoms with Crippen molar-refractivity contribution in [2.24, 2.45) is 0 Å². The number of hydrogen-bond acceptors (Lipinski definition) is 1. The summed E-state index contributed by atoms with van der Waals surface area (Å²) in [7, 11) is 2.30. The topological polar surface area (TPSA) is 3.24 Å². The van der Waals surface area contributed by atoms with Crippen molar-refractivity contribution in [2.75, 3.05) is 4.90 Å². The van der Waals surface area contributed by atoms with Crippen LogP contribution in [0.4, 0.5) is 17.1 Å². The van der Waals surface area contributed by atoms with Crippen LogP contribution in [0.5, 0.6) is 0 Å². The standard InChI is InChI=1S/C39H33BN/c1-4-40-37-18-10-8-14-31(37)28-20-22-29(23-21-28)41(38-19-11-13-27-12-5-6-15-32(27)38)30-24-25-34-33-16-7-9-17-35(33)39(2,3)36(34)26-30/h5-26H,4H2,1-3H3. The fourth-order valence-electron chi connectivity index (χ4n) is 6.61. The summed E-state index contributed by atoms with van der Waals surface area (Å²) in [5, 5.41) is 2.48. The van der Waals surface area contributed by atoms with Gasteiger partial charge in [-0.1, -0.05) is 136 Å². The minimum atomic E-state index is -0.0598. The van der Waals surface area contributed by atoms with E-state index in [4.69, 9.17) is 0 Å². The first-order valence-corrected chi connectivity index (χ1v) is 14.6. The van der Waals surface area contributed by atoms with Gasteiger partial charge in [0.1, 0.15) is 0 Å². The van der Waals surface area contributed by atoms with E-state index < -0.39 is 0 Å². The second kappa shape index (κ2) is 10.1. The minimum Gasteiger partial charge on any atom is -0.310 e. The maximum absolute atomic E-state index is 2.43. The van der Waals surface area contributed by atoms with Crippen molar-refractivity contribution in [1.29, 1.82) is 0 Å². The molecule has 0 amide bonds. The Hall–Kier alpha value is -4.56. The molecule has 1 aliphatic rings. The second-order valence-electron chi connectivity index (χ2n) is 11.5.